The lowest BCUT2D eigenvalue weighted by molar-refractivity contribution is -0.139. The zero-order chi connectivity index (χ0) is 16.6. The molecule has 7 nitrogen and oxygen atoms in total. The van der Waals surface area contributed by atoms with Gasteiger partial charge in [0.15, 0.2) is 0 Å². The van der Waals surface area contributed by atoms with E-state index >= 15 is 0 Å². The van der Waals surface area contributed by atoms with E-state index in [1.54, 1.807) is 23.1 Å². The molecule has 3 rings (SSSR count). The first-order valence-corrected chi connectivity index (χ1v) is 7.98. The molecule has 0 bridgehead atoms. The second-order valence-electron chi connectivity index (χ2n) is 5.47. The van der Waals surface area contributed by atoms with E-state index in [1.807, 2.05) is 0 Å². The topological polar surface area (TPSA) is 79.0 Å². The molecule has 0 saturated carbocycles. The van der Waals surface area contributed by atoms with Crippen LogP contribution < -0.4 is 5.32 Å². The molecule has 1 saturated heterocycles. The van der Waals surface area contributed by atoms with E-state index in [9.17, 15) is 14.4 Å². The van der Waals surface area contributed by atoms with Crippen LogP contribution in [0.4, 0.5) is 5.69 Å². The second-order valence-corrected chi connectivity index (χ2v) is 6.38. The Balaban J connectivity index is 1.89. The van der Waals surface area contributed by atoms with Crippen LogP contribution >= 0.6 is 15.9 Å². The van der Waals surface area contributed by atoms with Crippen LogP contribution in [0.2, 0.25) is 0 Å². The van der Waals surface area contributed by atoms with E-state index in [4.69, 9.17) is 4.74 Å². The van der Waals surface area contributed by atoms with E-state index in [1.165, 1.54) is 12.0 Å². The van der Waals surface area contributed by atoms with Crippen LogP contribution in [-0.4, -0.2) is 66.9 Å². The summed E-state index contributed by atoms with van der Waals surface area (Å²) in [6.07, 6.45) is 0. The Morgan fingerprint density at radius 2 is 2.17 bits per heavy atom. The summed E-state index contributed by atoms with van der Waals surface area (Å²) in [4.78, 5) is 40.3. The Labute approximate surface area is 141 Å². The SMILES string of the molecule is COCC(=O)N1CCN2C(=O)c3cc(Br)ccc3NC(=O)[C@H]2C1. The molecule has 1 N–H and O–H groups in total. The van der Waals surface area contributed by atoms with Crippen molar-refractivity contribution in [1.82, 2.24) is 9.80 Å². The van der Waals surface area contributed by atoms with Gasteiger partial charge in [-0.3, -0.25) is 14.4 Å². The number of nitrogens with zero attached hydrogens (tertiary/aromatic N) is 2. The van der Waals surface area contributed by atoms with Gasteiger partial charge in [-0.1, -0.05) is 15.9 Å². The van der Waals surface area contributed by atoms with Gasteiger partial charge in [-0.15, -0.1) is 0 Å². The van der Waals surface area contributed by atoms with Gasteiger partial charge >= 0.3 is 0 Å². The van der Waals surface area contributed by atoms with Crippen LogP contribution in [0.3, 0.4) is 0 Å². The van der Waals surface area contributed by atoms with Crippen molar-refractivity contribution in [3.05, 3.63) is 28.2 Å². The van der Waals surface area contributed by atoms with Gasteiger partial charge in [0.2, 0.25) is 11.8 Å². The van der Waals surface area contributed by atoms with Crippen LogP contribution in [0.5, 0.6) is 0 Å². The molecule has 1 fully saturated rings. The summed E-state index contributed by atoms with van der Waals surface area (Å²) >= 11 is 3.34. The highest BCUT2D eigenvalue weighted by molar-refractivity contribution is 9.10. The van der Waals surface area contributed by atoms with Crippen molar-refractivity contribution in [1.29, 1.82) is 0 Å². The molecule has 1 aromatic rings. The number of nitrogens with one attached hydrogen (secondary N) is 1. The molecule has 0 unspecified atom stereocenters. The van der Waals surface area contributed by atoms with E-state index in [2.05, 4.69) is 21.2 Å². The standard InChI is InChI=1S/C15H16BrN3O4/c1-23-8-13(20)18-4-5-19-12(7-18)14(21)17-11-3-2-9(16)6-10(11)15(19)22/h2-3,6,12H,4-5,7-8H2,1H3,(H,17,21)/t12-/m1/s1. The molecule has 0 aromatic heterocycles. The first kappa shape index (κ1) is 15.9. The number of anilines is 1. The maximum absolute atomic E-state index is 12.8. The van der Waals surface area contributed by atoms with Gasteiger partial charge < -0.3 is 19.9 Å². The Morgan fingerprint density at radius 3 is 2.91 bits per heavy atom. The quantitative estimate of drug-likeness (QED) is 0.817. The highest BCUT2D eigenvalue weighted by Gasteiger charge is 2.40. The number of piperazine rings is 1. The Hall–Kier alpha value is -1.93. The van der Waals surface area contributed by atoms with Crippen molar-refractivity contribution in [2.24, 2.45) is 0 Å². The van der Waals surface area contributed by atoms with E-state index < -0.39 is 6.04 Å². The smallest absolute Gasteiger partial charge is 0.256 e. The summed E-state index contributed by atoms with van der Waals surface area (Å²) in [6.45, 7) is 0.851. The van der Waals surface area contributed by atoms with E-state index in [0.717, 1.165) is 4.47 Å². The highest BCUT2D eigenvalue weighted by atomic mass is 79.9. The minimum atomic E-state index is -0.691. The zero-order valence-corrected chi connectivity index (χ0v) is 14.1. The predicted octanol–water partition coefficient (Wildman–Crippen LogP) is 0.701. The summed E-state index contributed by atoms with van der Waals surface area (Å²) in [5.74, 6) is -0.672. The fraction of sp³-hybridized carbons (Fsp3) is 0.400. The number of fused-ring (bicyclic) bond motifs is 2. The number of amides is 3. The number of carbonyl (C=O) groups excluding carboxylic acids is 3. The molecule has 1 aromatic carbocycles. The monoisotopic (exact) mass is 381 g/mol. The molecule has 8 heteroatoms. The summed E-state index contributed by atoms with van der Waals surface area (Å²) in [6, 6.07) is 4.47. The lowest BCUT2D eigenvalue weighted by Gasteiger charge is -2.39. The van der Waals surface area contributed by atoms with Crippen molar-refractivity contribution in [3.63, 3.8) is 0 Å². The average molecular weight is 382 g/mol. The summed E-state index contributed by atoms with van der Waals surface area (Å²) < 4.78 is 5.62. The summed E-state index contributed by atoms with van der Waals surface area (Å²) in [5, 5.41) is 2.78. The molecule has 1 atom stereocenters. The molecule has 2 aliphatic rings. The van der Waals surface area contributed by atoms with Crippen LogP contribution in [0, 0.1) is 0 Å². The molecular weight excluding hydrogens is 366 g/mol. The number of hydrogen-bond donors (Lipinski definition) is 1. The zero-order valence-electron chi connectivity index (χ0n) is 12.5. The molecular formula is C15H16BrN3O4. The molecule has 23 heavy (non-hydrogen) atoms. The Kier molecular flexibility index (Phi) is 4.36. The van der Waals surface area contributed by atoms with Crippen molar-refractivity contribution in [2.75, 3.05) is 38.7 Å². The third-order valence-electron chi connectivity index (χ3n) is 4.03. The van der Waals surface area contributed by atoms with Gasteiger partial charge in [0.25, 0.3) is 5.91 Å². The molecule has 2 aliphatic heterocycles. The highest BCUT2D eigenvalue weighted by Crippen LogP contribution is 2.28. The summed E-state index contributed by atoms with van der Waals surface area (Å²) in [7, 11) is 1.45. The Morgan fingerprint density at radius 1 is 1.39 bits per heavy atom. The maximum Gasteiger partial charge on any atom is 0.256 e. The first-order valence-electron chi connectivity index (χ1n) is 7.19. The van der Waals surface area contributed by atoms with E-state index in [0.29, 0.717) is 24.3 Å². The molecule has 2 heterocycles. The number of carbonyl (C=O) groups is 3. The number of benzene rings is 1. The lowest BCUT2D eigenvalue weighted by atomic mass is 10.1. The predicted molar refractivity (Wildman–Crippen MR) is 86.1 cm³/mol. The van der Waals surface area contributed by atoms with Crippen molar-refractivity contribution in [2.45, 2.75) is 6.04 Å². The molecule has 122 valence electrons. The van der Waals surface area contributed by atoms with Gasteiger partial charge in [0.05, 0.1) is 17.8 Å². The van der Waals surface area contributed by atoms with Crippen LogP contribution in [0.25, 0.3) is 0 Å². The van der Waals surface area contributed by atoms with Crippen molar-refractivity contribution < 1.29 is 19.1 Å². The van der Waals surface area contributed by atoms with Crippen molar-refractivity contribution in [3.8, 4) is 0 Å². The van der Waals surface area contributed by atoms with Crippen molar-refractivity contribution >= 4 is 39.3 Å². The Bertz CT molecular complexity index is 679. The lowest BCUT2D eigenvalue weighted by Crippen LogP contribution is -2.59. The molecule has 0 spiro atoms. The minimum Gasteiger partial charge on any atom is -0.375 e. The molecule has 0 radical (unpaired) electrons. The number of ether oxygens (including phenoxy) is 1. The van der Waals surface area contributed by atoms with Crippen LogP contribution in [-0.2, 0) is 14.3 Å². The van der Waals surface area contributed by atoms with Gasteiger partial charge in [0.1, 0.15) is 12.6 Å². The number of rotatable bonds is 2. The maximum atomic E-state index is 12.8. The fourth-order valence-corrected chi connectivity index (χ4v) is 3.23. The summed E-state index contributed by atoms with van der Waals surface area (Å²) in [5.41, 5.74) is 0.944. The average Bonchev–Trinajstić information content (AvgIpc) is 2.64. The molecule has 0 aliphatic carbocycles. The van der Waals surface area contributed by atoms with Gasteiger partial charge in [-0.05, 0) is 18.2 Å². The molecule has 3 amide bonds. The first-order chi connectivity index (χ1) is 11.0. The van der Waals surface area contributed by atoms with Gasteiger partial charge in [-0.2, -0.15) is 0 Å². The number of hydrogen-bond acceptors (Lipinski definition) is 4. The number of methoxy groups -OCH3 is 1. The van der Waals surface area contributed by atoms with E-state index in [-0.39, 0.29) is 30.9 Å². The van der Waals surface area contributed by atoms with Gasteiger partial charge in [0, 0.05) is 24.7 Å². The van der Waals surface area contributed by atoms with Crippen LogP contribution in [0.15, 0.2) is 22.7 Å². The third-order valence-corrected chi connectivity index (χ3v) is 4.53. The van der Waals surface area contributed by atoms with Crippen LogP contribution in [0.1, 0.15) is 10.4 Å². The normalized spacial score (nSPS) is 20.5. The number of halogens is 1. The largest absolute Gasteiger partial charge is 0.375 e. The minimum absolute atomic E-state index is 0.0323. The second kappa shape index (κ2) is 6.29. The fourth-order valence-electron chi connectivity index (χ4n) is 2.86. The van der Waals surface area contributed by atoms with Gasteiger partial charge in [-0.25, -0.2) is 0 Å². The third kappa shape index (κ3) is 2.96.